The highest BCUT2D eigenvalue weighted by Crippen LogP contribution is 2.11. The van der Waals surface area contributed by atoms with Gasteiger partial charge in [-0.2, -0.15) is 0 Å². The molecule has 0 aliphatic carbocycles. The van der Waals surface area contributed by atoms with Crippen molar-refractivity contribution in [1.29, 1.82) is 0 Å². The number of para-hydroxylation sites is 1. The zero-order chi connectivity index (χ0) is 8.97. The van der Waals surface area contributed by atoms with E-state index < -0.39 is 0 Å². The molecule has 0 heterocycles. The maximum atomic E-state index is 5.66. The van der Waals surface area contributed by atoms with Crippen LogP contribution in [0.4, 0.5) is 0 Å². The summed E-state index contributed by atoms with van der Waals surface area (Å²) in [6.45, 7) is 3.91. The van der Waals surface area contributed by atoms with E-state index in [9.17, 15) is 0 Å². The third-order valence-corrected chi connectivity index (χ3v) is 1.81. The molecule has 1 aromatic rings. The molecule has 1 rings (SSSR count). The summed E-state index contributed by atoms with van der Waals surface area (Å²) < 4.78 is 5.55. The summed E-state index contributed by atoms with van der Waals surface area (Å²) in [5.41, 5.74) is 5.66. The van der Waals surface area contributed by atoms with E-state index in [0.717, 1.165) is 5.75 Å². The van der Waals surface area contributed by atoms with Crippen LogP contribution in [-0.2, 0) is 0 Å². The van der Waals surface area contributed by atoms with Gasteiger partial charge in [-0.3, -0.25) is 0 Å². The van der Waals surface area contributed by atoms with Crippen LogP contribution in [0, 0.1) is 0 Å². The highest BCUT2D eigenvalue weighted by atomic mass is 16.5. The normalized spacial score (nSPS) is 15.2. The van der Waals surface area contributed by atoms with Crippen molar-refractivity contribution in [2.75, 3.05) is 0 Å². The molecule has 66 valence electrons. The number of benzene rings is 1. The third kappa shape index (κ3) is 2.55. The first-order chi connectivity index (χ1) is 5.70. The van der Waals surface area contributed by atoms with Gasteiger partial charge in [-0.05, 0) is 26.0 Å². The average molecular weight is 165 g/mol. The molecule has 0 amide bonds. The van der Waals surface area contributed by atoms with E-state index in [-0.39, 0.29) is 12.1 Å². The van der Waals surface area contributed by atoms with Crippen molar-refractivity contribution in [2.24, 2.45) is 5.73 Å². The molecule has 2 heteroatoms. The quantitative estimate of drug-likeness (QED) is 0.741. The molecule has 0 unspecified atom stereocenters. The smallest absolute Gasteiger partial charge is 0.119 e. The van der Waals surface area contributed by atoms with Crippen molar-refractivity contribution in [3.8, 4) is 5.75 Å². The van der Waals surface area contributed by atoms with Crippen LogP contribution >= 0.6 is 0 Å². The fraction of sp³-hybridized carbons (Fsp3) is 0.400. The minimum Gasteiger partial charge on any atom is -0.489 e. The lowest BCUT2D eigenvalue weighted by Gasteiger charge is -2.17. The first-order valence-corrected chi connectivity index (χ1v) is 4.17. The summed E-state index contributed by atoms with van der Waals surface area (Å²) >= 11 is 0. The Morgan fingerprint density at radius 2 is 1.75 bits per heavy atom. The number of nitrogens with two attached hydrogens (primary N) is 1. The first kappa shape index (κ1) is 9.07. The summed E-state index contributed by atoms with van der Waals surface area (Å²) in [6.07, 6.45) is 0.0624. The van der Waals surface area contributed by atoms with Gasteiger partial charge in [-0.25, -0.2) is 0 Å². The van der Waals surface area contributed by atoms with Crippen LogP contribution < -0.4 is 10.5 Å². The lowest BCUT2D eigenvalue weighted by molar-refractivity contribution is 0.196. The molecule has 0 aliphatic rings. The maximum absolute atomic E-state index is 5.66. The van der Waals surface area contributed by atoms with Crippen LogP contribution in [0.15, 0.2) is 30.3 Å². The van der Waals surface area contributed by atoms with Gasteiger partial charge >= 0.3 is 0 Å². The van der Waals surface area contributed by atoms with Crippen LogP contribution in [0.2, 0.25) is 0 Å². The Morgan fingerprint density at radius 3 is 2.25 bits per heavy atom. The highest BCUT2D eigenvalue weighted by Gasteiger charge is 2.07. The van der Waals surface area contributed by atoms with Crippen molar-refractivity contribution in [1.82, 2.24) is 0 Å². The largest absolute Gasteiger partial charge is 0.489 e. The number of ether oxygens (including phenoxy) is 1. The van der Waals surface area contributed by atoms with Crippen LogP contribution in [0.5, 0.6) is 5.75 Å². The molecule has 0 fully saturated rings. The Morgan fingerprint density at radius 1 is 1.17 bits per heavy atom. The van der Waals surface area contributed by atoms with E-state index >= 15 is 0 Å². The summed E-state index contributed by atoms with van der Waals surface area (Å²) in [5, 5.41) is 0. The summed E-state index contributed by atoms with van der Waals surface area (Å²) in [4.78, 5) is 0. The topological polar surface area (TPSA) is 35.2 Å². The van der Waals surface area contributed by atoms with Gasteiger partial charge in [0.15, 0.2) is 0 Å². The standard InChI is InChI=1S/C10H15NO/c1-8(11)9(2)12-10-6-4-3-5-7-10/h3-9H,11H2,1-2H3/t8-,9-/m0/s1. The van der Waals surface area contributed by atoms with Crippen molar-refractivity contribution >= 4 is 0 Å². The van der Waals surface area contributed by atoms with E-state index in [4.69, 9.17) is 10.5 Å². The molecule has 0 saturated heterocycles. The Balaban J connectivity index is 2.53. The van der Waals surface area contributed by atoms with Crippen LogP contribution in [0.3, 0.4) is 0 Å². The molecular weight excluding hydrogens is 150 g/mol. The molecular formula is C10H15NO. The van der Waals surface area contributed by atoms with Gasteiger partial charge in [0.05, 0.1) is 0 Å². The molecule has 0 saturated carbocycles. The predicted molar refractivity (Wildman–Crippen MR) is 50.2 cm³/mol. The molecule has 0 aliphatic heterocycles. The molecule has 2 nitrogen and oxygen atoms in total. The van der Waals surface area contributed by atoms with Crippen LogP contribution in [0.25, 0.3) is 0 Å². The van der Waals surface area contributed by atoms with Gasteiger partial charge in [0.2, 0.25) is 0 Å². The Hall–Kier alpha value is -1.02. The fourth-order valence-corrected chi connectivity index (χ4v) is 0.821. The van der Waals surface area contributed by atoms with Gasteiger partial charge in [0.1, 0.15) is 11.9 Å². The molecule has 1 aromatic carbocycles. The Kier molecular flexibility index (Phi) is 3.11. The molecule has 0 bridgehead atoms. The van der Waals surface area contributed by atoms with Crippen molar-refractivity contribution in [3.63, 3.8) is 0 Å². The molecule has 0 aromatic heterocycles. The third-order valence-electron chi connectivity index (χ3n) is 1.81. The molecule has 12 heavy (non-hydrogen) atoms. The van der Waals surface area contributed by atoms with Crippen LogP contribution in [0.1, 0.15) is 13.8 Å². The first-order valence-electron chi connectivity index (χ1n) is 4.17. The lowest BCUT2D eigenvalue weighted by atomic mass is 10.2. The van der Waals surface area contributed by atoms with Gasteiger partial charge in [-0.15, -0.1) is 0 Å². The van der Waals surface area contributed by atoms with Gasteiger partial charge < -0.3 is 10.5 Å². The second kappa shape index (κ2) is 4.12. The van der Waals surface area contributed by atoms with Crippen molar-refractivity contribution in [3.05, 3.63) is 30.3 Å². The van der Waals surface area contributed by atoms with Gasteiger partial charge in [0, 0.05) is 6.04 Å². The van der Waals surface area contributed by atoms with E-state index in [0.29, 0.717) is 0 Å². The Bertz CT molecular complexity index is 221. The molecule has 0 spiro atoms. The van der Waals surface area contributed by atoms with E-state index in [2.05, 4.69) is 0 Å². The highest BCUT2D eigenvalue weighted by molar-refractivity contribution is 5.21. The predicted octanol–water partition coefficient (Wildman–Crippen LogP) is 1.80. The van der Waals surface area contributed by atoms with E-state index in [1.54, 1.807) is 0 Å². The maximum Gasteiger partial charge on any atom is 0.119 e. The van der Waals surface area contributed by atoms with Gasteiger partial charge in [0.25, 0.3) is 0 Å². The van der Waals surface area contributed by atoms with E-state index in [1.807, 2.05) is 44.2 Å². The Labute approximate surface area is 73.3 Å². The summed E-state index contributed by atoms with van der Waals surface area (Å²) in [7, 11) is 0. The lowest BCUT2D eigenvalue weighted by Crippen LogP contribution is -2.33. The second-order valence-electron chi connectivity index (χ2n) is 3.00. The molecule has 2 atom stereocenters. The van der Waals surface area contributed by atoms with Crippen LogP contribution in [-0.4, -0.2) is 12.1 Å². The van der Waals surface area contributed by atoms with Crippen molar-refractivity contribution in [2.45, 2.75) is 26.0 Å². The monoisotopic (exact) mass is 165 g/mol. The van der Waals surface area contributed by atoms with Crippen molar-refractivity contribution < 1.29 is 4.74 Å². The minimum absolute atomic E-state index is 0.0604. The fourth-order valence-electron chi connectivity index (χ4n) is 0.821. The number of hydrogen-bond donors (Lipinski definition) is 1. The molecule has 0 radical (unpaired) electrons. The van der Waals surface area contributed by atoms with Gasteiger partial charge in [-0.1, -0.05) is 18.2 Å². The molecule has 2 N–H and O–H groups in total. The zero-order valence-electron chi connectivity index (χ0n) is 7.53. The SMILES string of the molecule is C[C@H](N)[C@H](C)Oc1ccccc1. The van der Waals surface area contributed by atoms with E-state index in [1.165, 1.54) is 0 Å². The summed E-state index contributed by atoms with van der Waals surface area (Å²) in [6, 6.07) is 9.78. The average Bonchev–Trinajstić information content (AvgIpc) is 2.06. The minimum atomic E-state index is 0.0604. The summed E-state index contributed by atoms with van der Waals surface area (Å²) in [5.74, 6) is 0.877. The second-order valence-corrected chi connectivity index (χ2v) is 3.00. The zero-order valence-corrected chi connectivity index (χ0v) is 7.53. The number of hydrogen-bond acceptors (Lipinski definition) is 2. The number of rotatable bonds is 3.